The maximum Gasteiger partial charge on any atom is 0.261 e. The van der Waals surface area contributed by atoms with Crippen LogP contribution >= 0.6 is 11.3 Å². The maximum absolute atomic E-state index is 11.9. The quantitative estimate of drug-likeness (QED) is 0.908. The van der Waals surface area contributed by atoms with Crippen LogP contribution in [0.25, 0.3) is 0 Å². The van der Waals surface area contributed by atoms with Crippen LogP contribution in [0.5, 0.6) is 0 Å². The summed E-state index contributed by atoms with van der Waals surface area (Å²) in [5.41, 5.74) is 1.07. The molecule has 18 heavy (non-hydrogen) atoms. The number of carbonyl (C=O) groups excluding carboxylic acids is 1. The van der Waals surface area contributed by atoms with Crippen molar-refractivity contribution in [3.05, 3.63) is 21.9 Å². The van der Waals surface area contributed by atoms with Crippen LogP contribution in [-0.4, -0.2) is 36.5 Å². The molecule has 1 amide bonds. The molecule has 0 aliphatic carbocycles. The number of amides is 1. The van der Waals surface area contributed by atoms with E-state index in [2.05, 4.69) is 17.1 Å². The molecule has 0 radical (unpaired) electrons. The molecule has 1 atom stereocenters. The Labute approximate surface area is 113 Å². The van der Waals surface area contributed by atoms with E-state index in [1.54, 1.807) is 0 Å². The number of piperidine rings is 1. The zero-order valence-corrected chi connectivity index (χ0v) is 12.1. The Kier molecular flexibility index (Phi) is 4.78. The summed E-state index contributed by atoms with van der Waals surface area (Å²) in [5, 5.41) is 4.99. The predicted molar refractivity (Wildman–Crippen MR) is 76.3 cm³/mol. The van der Waals surface area contributed by atoms with E-state index in [1.807, 2.05) is 18.4 Å². The molecule has 1 aliphatic rings. The van der Waals surface area contributed by atoms with Crippen LogP contribution in [0.1, 0.15) is 41.4 Å². The van der Waals surface area contributed by atoms with Crippen molar-refractivity contribution in [2.75, 3.05) is 19.6 Å². The minimum atomic E-state index is 0.0761. The van der Waals surface area contributed by atoms with Crippen molar-refractivity contribution in [3.8, 4) is 0 Å². The molecule has 0 bridgehead atoms. The zero-order chi connectivity index (χ0) is 13.0. The lowest BCUT2D eigenvalue weighted by Gasteiger charge is -2.33. The van der Waals surface area contributed by atoms with Gasteiger partial charge in [0.15, 0.2) is 0 Å². The van der Waals surface area contributed by atoms with Gasteiger partial charge in [0.2, 0.25) is 0 Å². The molecular weight excluding hydrogens is 244 g/mol. The fourth-order valence-electron chi connectivity index (χ4n) is 2.49. The van der Waals surface area contributed by atoms with Crippen molar-refractivity contribution in [3.63, 3.8) is 0 Å². The van der Waals surface area contributed by atoms with Gasteiger partial charge in [-0.25, -0.2) is 0 Å². The third kappa shape index (κ3) is 3.33. The fraction of sp³-hybridized carbons (Fsp3) is 0.643. The van der Waals surface area contributed by atoms with Crippen molar-refractivity contribution in [1.82, 2.24) is 10.2 Å². The van der Waals surface area contributed by atoms with Crippen LogP contribution in [-0.2, 0) is 0 Å². The molecule has 2 rings (SSSR count). The van der Waals surface area contributed by atoms with Crippen molar-refractivity contribution < 1.29 is 4.79 Å². The second-order valence-corrected chi connectivity index (χ2v) is 5.99. The van der Waals surface area contributed by atoms with Crippen LogP contribution in [0.4, 0.5) is 0 Å². The first-order valence-corrected chi connectivity index (χ1v) is 7.63. The van der Waals surface area contributed by atoms with Crippen LogP contribution in [0, 0.1) is 6.92 Å². The molecule has 3 nitrogen and oxygen atoms in total. The number of aryl methyl sites for hydroxylation is 1. The highest BCUT2D eigenvalue weighted by Crippen LogP contribution is 2.16. The van der Waals surface area contributed by atoms with E-state index < -0.39 is 0 Å². The summed E-state index contributed by atoms with van der Waals surface area (Å²) in [6, 6.07) is 2.66. The number of likely N-dealkylation sites (tertiary alicyclic amines) is 1. The van der Waals surface area contributed by atoms with Gasteiger partial charge < -0.3 is 5.32 Å². The predicted octanol–water partition coefficient (Wildman–Crippen LogP) is 2.66. The first-order valence-electron chi connectivity index (χ1n) is 6.75. The van der Waals surface area contributed by atoms with Gasteiger partial charge in [0.25, 0.3) is 5.91 Å². The summed E-state index contributed by atoms with van der Waals surface area (Å²) < 4.78 is 0. The summed E-state index contributed by atoms with van der Waals surface area (Å²) in [7, 11) is 0. The molecule has 100 valence electrons. The monoisotopic (exact) mass is 266 g/mol. The third-order valence-corrected chi connectivity index (χ3v) is 4.71. The zero-order valence-electron chi connectivity index (χ0n) is 11.2. The van der Waals surface area contributed by atoms with Crippen molar-refractivity contribution >= 4 is 17.2 Å². The van der Waals surface area contributed by atoms with Gasteiger partial charge >= 0.3 is 0 Å². The van der Waals surface area contributed by atoms with E-state index in [-0.39, 0.29) is 5.91 Å². The first-order chi connectivity index (χ1) is 8.68. The summed E-state index contributed by atoms with van der Waals surface area (Å²) in [6.07, 6.45) is 3.93. The average molecular weight is 266 g/mol. The highest BCUT2D eigenvalue weighted by molar-refractivity contribution is 7.12. The Morgan fingerprint density at radius 1 is 1.56 bits per heavy atom. The second-order valence-electron chi connectivity index (χ2n) is 5.07. The minimum absolute atomic E-state index is 0.0761. The number of nitrogens with one attached hydrogen (secondary N) is 1. The molecule has 4 heteroatoms. The molecule has 1 aromatic heterocycles. The number of hydrogen-bond donors (Lipinski definition) is 1. The number of hydrogen-bond acceptors (Lipinski definition) is 3. The van der Waals surface area contributed by atoms with Crippen LogP contribution < -0.4 is 5.32 Å². The summed E-state index contributed by atoms with van der Waals surface area (Å²) >= 11 is 1.52. The van der Waals surface area contributed by atoms with E-state index in [4.69, 9.17) is 0 Å². The molecule has 2 heterocycles. The molecule has 1 fully saturated rings. The van der Waals surface area contributed by atoms with E-state index in [0.29, 0.717) is 6.04 Å². The van der Waals surface area contributed by atoms with Gasteiger partial charge in [-0.1, -0.05) is 6.42 Å². The molecular formula is C14H22N2OS. The minimum Gasteiger partial charge on any atom is -0.350 e. The lowest BCUT2D eigenvalue weighted by Crippen LogP contribution is -2.42. The third-order valence-electron chi connectivity index (χ3n) is 3.69. The lowest BCUT2D eigenvalue weighted by molar-refractivity contribution is 0.0942. The van der Waals surface area contributed by atoms with Gasteiger partial charge in [-0.2, -0.15) is 0 Å². The Morgan fingerprint density at radius 3 is 3.06 bits per heavy atom. The van der Waals surface area contributed by atoms with Crippen LogP contribution in [0.2, 0.25) is 0 Å². The second kappa shape index (κ2) is 6.34. The molecule has 1 aliphatic heterocycles. The standard InChI is InChI=1S/C14H22N2OS/c1-11-6-10-18-13(11)14(17)15-7-9-16-8-4-3-5-12(16)2/h6,10,12H,3-5,7-9H2,1-2H3,(H,15,17)/t12-/m0/s1. The molecule has 0 unspecified atom stereocenters. The number of carbonyl (C=O) groups is 1. The number of thiophene rings is 1. The van der Waals surface area contributed by atoms with Gasteiger partial charge in [0, 0.05) is 19.1 Å². The molecule has 0 spiro atoms. The van der Waals surface area contributed by atoms with Crippen molar-refractivity contribution in [1.29, 1.82) is 0 Å². The molecule has 0 aromatic carbocycles. The number of rotatable bonds is 4. The van der Waals surface area contributed by atoms with E-state index in [9.17, 15) is 4.79 Å². The lowest BCUT2D eigenvalue weighted by atomic mass is 10.0. The normalized spacial score (nSPS) is 20.9. The van der Waals surface area contributed by atoms with Crippen LogP contribution in [0.3, 0.4) is 0 Å². The van der Waals surface area contributed by atoms with E-state index >= 15 is 0 Å². The van der Waals surface area contributed by atoms with Crippen molar-refractivity contribution in [2.45, 2.75) is 39.2 Å². The highest BCUT2D eigenvalue weighted by Gasteiger charge is 2.18. The smallest absolute Gasteiger partial charge is 0.261 e. The van der Waals surface area contributed by atoms with Gasteiger partial charge in [0.05, 0.1) is 4.88 Å². The fourth-order valence-corrected chi connectivity index (χ4v) is 3.33. The van der Waals surface area contributed by atoms with Crippen molar-refractivity contribution in [2.24, 2.45) is 0 Å². The van der Waals surface area contributed by atoms with E-state index in [1.165, 1.54) is 37.1 Å². The SMILES string of the molecule is Cc1ccsc1C(=O)NCCN1CCCC[C@@H]1C. The topological polar surface area (TPSA) is 32.3 Å². The van der Waals surface area contributed by atoms with E-state index in [0.717, 1.165) is 23.5 Å². The van der Waals surface area contributed by atoms with Gasteiger partial charge in [-0.3, -0.25) is 9.69 Å². The molecule has 1 aromatic rings. The Bertz CT molecular complexity index is 402. The van der Waals surface area contributed by atoms with Gasteiger partial charge in [-0.15, -0.1) is 11.3 Å². The highest BCUT2D eigenvalue weighted by atomic mass is 32.1. The Morgan fingerprint density at radius 2 is 2.39 bits per heavy atom. The first kappa shape index (κ1) is 13.6. The maximum atomic E-state index is 11.9. The largest absolute Gasteiger partial charge is 0.350 e. The Hall–Kier alpha value is -0.870. The molecule has 1 N–H and O–H groups in total. The number of nitrogens with zero attached hydrogens (tertiary/aromatic N) is 1. The summed E-state index contributed by atoms with van der Waals surface area (Å²) in [6.45, 7) is 7.16. The Balaban J connectivity index is 1.75. The molecule has 0 saturated carbocycles. The average Bonchev–Trinajstić information content (AvgIpc) is 2.78. The van der Waals surface area contributed by atoms with Gasteiger partial charge in [-0.05, 0) is 50.2 Å². The summed E-state index contributed by atoms with van der Waals surface area (Å²) in [4.78, 5) is 15.3. The van der Waals surface area contributed by atoms with Gasteiger partial charge in [0.1, 0.15) is 0 Å². The summed E-state index contributed by atoms with van der Waals surface area (Å²) in [5.74, 6) is 0.0761. The molecule has 1 saturated heterocycles. The van der Waals surface area contributed by atoms with Crippen LogP contribution in [0.15, 0.2) is 11.4 Å².